The number of aliphatic hydroxyl groups is 1. The molecule has 2 atom stereocenters. The molecule has 0 bridgehead atoms. The van der Waals surface area contributed by atoms with Gasteiger partial charge in [0.15, 0.2) is 0 Å². The van der Waals surface area contributed by atoms with Crippen LogP contribution in [0, 0.1) is 0 Å². The van der Waals surface area contributed by atoms with Crippen molar-refractivity contribution < 1.29 is 9.84 Å². The minimum Gasteiger partial charge on any atom is -0.457 e. The first-order valence-corrected chi connectivity index (χ1v) is 7.69. The number of benzene rings is 2. The fourth-order valence-corrected chi connectivity index (χ4v) is 2.23. The van der Waals surface area contributed by atoms with Gasteiger partial charge < -0.3 is 9.84 Å². The molecule has 2 aromatic carbocycles. The average molecular weight is 284 g/mol. The zero-order chi connectivity index (χ0) is 15.2. The van der Waals surface area contributed by atoms with Crippen LogP contribution >= 0.6 is 0 Å². The van der Waals surface area contributed by atoms with E-state index in [4.69, 9.17) is 4.74 Å². The minimum atomic E-state index is -0.395. The van der Waals surface area contributed by atoms with Crippen LogP contribution in [0.25, 0.3) is 0 Å². The van der Waals surface area contributed by atoms with Crippen LogP contribution in [0.4, 0.5) is 0 Å². The molecule has 0 saturated carbocycles. The van der Waals surface area contributed by atoms with Gasteiger partial charge in [-0.25, -0.2) is 0 Å². The van der Waals surface area contributed by atoms with Gasteiger partial charge in [-0.05, 0) is 54.2 Å². The molecule has 2 unspecified atom stereocenters. The Balaban J connectivity index is 2.04. The van der Waals surface area contributed by atoms with Crippen molar-refractivity contribution in [3.8, 4) is 11.5 Å². The summed E-state index contributed by atoms with van der Waals surface area (Å²) in [5, 5.41) is 9.77. The number of rotatable bonds is 6. The van der Waals surface area contributed by atoms with E-state index in [1.165, 1.54) is 5.56 Å². The van der Waals surface area contributed by atoms with Crippen LogP contribution in [0.2, 0.25) is 0 Å². The lowest BCUT2D eigenvalue weighted by atomic mass is 9.99. The maximum Gasteiger partial charge on any atom is 0.127 e. The normalized spacial score (nSPS) is 13.7. The molecule has 0 aromatic heterocycles. The summed E-state index contributed by atoms with van der Waals surface area (Å²) in [5.41, 5.74) is 2.27. The molecule has 0 saturated heterocycles. The molecule has 0 heterocycles. The van der Waals surface area contributed by atoms with Gasteiger partial charge >= 0.3 is 0 Å². The summed E-state index contributed by atoms with van der Waals surface area (Å²) >= 11 is 0. The second kappa shape index (κ2) is 7.28. The highest BCUT2D eigenvalue weighted by atomic mass is 16.5. The first-order chi connectivity index (χ1) is 10.1. The number of ether oxygens (including phenoxy) is 1. The molecule has 21 heavy (non-hydrogen) atoms. The maximum atomic E-state index is 9.77. The number of aliphatic hydroxyl groups excluding tert-OH is 1. The second-order valence-electron chi connectivity index (χ2n) is 5.47. The van der Waals surface area contributed by atoms with E-state index in [0.717, 1.165) is 29.9 Å². The molecule has 2 rings (SSSR count). The topological polar surface area (TPSA) is 29.5 Å². The van der Waals surface area contributed by atoms with Crippen molar-refractivity contribution in [3.63, 3.8) is 0 Å². The monoisotopic (exact) mass is 284 g/mol. The second-order valence-corrected chi connectivity index (χ2v) is 5.47. The summed E-state index contributed by atoms with van der Waals surface area (Å²) < 4.78 is 5.83. The van der Waals surface area contributed by atoms with Crippen LogP contribution in [0.1, 0.15) is 56.8 Å². The summed E-state index contributed by atoms with van der Waals surface area (Å²) in [6.07, 6.45) is 1.47. The lowest BCUT2D eigenvalue weighted by Gasteiger charge is -2.12. The lowest BCUT2D eigenvalue weighted by molar-refractivity contribution is 0.173. The molecular weight excluding hydrogens is 260 g/mol. The maximum absolute atomic E-state index is 9.77. The Morgan fingerprint density at radius 1 is 0.810 bits per heavy atom. The van der Waals surface area contributed by atoms with Crippen molar-refractivity contribution in [3.05, 3.63) is 59.7 Å². The Morgan fingerprint density at radius 3 is 1.71 bits per heavy atom. The standard InChI is InChI=1S/C19H24O2/c1-4-14(3)15-6-10-17(11-7-15)21-18-12-8-16(9-13-18)19(20)5-2/h6-14,19-20H,4-5H2,1-3H3. The molecule has 0 aliphatic heterocycles. The molecular formula is C19H24O2. The molecule has 0 aliphatic rings. The SMILES string of the molecule is CCC(C)c1ccc(Oc2ccc(C(O)CC)cc2)cc1. The van der Waals surface area contributed by atoms with Crippen LogP contribution in [0.3, 0.4) is 0 Å². The van der Waals surface area contributed by atoms with Gasteiger partial charge in [-0.1, -0.05) is 45.0 Å². The van der Waals surface area contributed by atoms with Crippen LogP contribution in [0.5, 0.6) is 11.5 Å². The van der Waals surface area contributed by atoms with Crippen molar-refractivity contribution in [1.29, 1.82) is 0 Å². The van der Waals surface area contributed by atoms with Crippen molar-refractivity contribution in [2.45, 2.75) is 45.6 Å². The molecule has 2 aromatic rings. The van der Waals surface area contributed by atoms with Gasteiger partial charge in [-0.15, -0.1) is 0 Å². The Morgan fingerprint density at radius 2 is 1.29 bits per heavy atom. The summed E-state index contributed by atoms with van der Waals surface area (Å²) in [4.78, 5) is 0. The molecule has 2 nitrogen and oxygen atoms in total. The Hall–Kier alpha value is -1.80. The summed E-state index contributed by atoms with van der Waals surface area (Å²) in [5.74, 6) is 2.21. The van der Waals surface area contributed by atoms with E-state index in [-0.39, 0.29) is 0 Å². The predicted molar refractivity (Wildman–Crippen MR) is 86.9 cm³/mol. The third kappa shape index (κ3) is 4.08. The fourth-order valence-electron chi connectivity index (χ4n) is 2.23. The summed E-state index contributed by atoms with van der Waals surface area (Å²) in [7, 11) is 0. The van der Waals surface area contributed by atoms with Crippen molar-refractivity contribution in [2.75, 3.05) is 0 Å². The van der Waals surface area contributed by atoms with E-state index in [1.54, 1.807) is 0 Å². The highest BCUT2D eigenvalue weighted by molar-refractivity contribution is 5.35. The number of hydrogen-bond donors (Lipinski definition) is 1. The van der Waals surface area contributed by atoms with Crippen molar-refractivity contribution >= 4 is 0 Å². The van der Waals surface area contributed by atoms with E-state index in [2.05, 4.69) is 26.0 Å². The average Bonchev–Trinajstić information content (AvgIpc) is 2.55. The van der Waals surface area contributed by atoms with E-state index < -0.39 is 6.10 Å². The lowest BCUT2D eigenvalue weighted by Crippen LogP contribution is -1.95. The highest BCUT2D eigenvalue weighted by Crippen LogP contribution is 2.26. The third-order valence-electron chi connectivity index (χ3n) is 3.95. The molecule has 0 fully saturated rings. The molecule has 0 radical (unpaired) electrons. The van der Waals surface area contributed by atoms with Gasteiger partial charge in [-0.2, -0.15) is 0 Å². The molecule has 1 N–H and O–H groups in total. The minimum absolute atomic E-state index is 0.395. The Bertz CT molecular complexity index is 491. The number of hydrogen-bond acceptors (Lipinski definition) is 2. The van der Waals surface area contributed by atoms with Gasteiger partial charge in [0.05, 0.1) is 6.10 Å². The van der Waals surface area contributed by atoms with Gasteiger partial charge in [-0.3, -0.25) is 0 Å². The molecule has 0 amide bonds. The molecule has 2 heteroatoms. The quantitative estimate of drug-likeness (QED) is 0.765. The molecule has 0 spiro atoms. The van der Waals surface area contributed by atoms with Gasteiger partial charge in [0, 0.05) is 0 Å². The van der Waals surface area contributed by atoms with Crippen molar-refractivity contribution in [2.24, 2.45) is 0 Å². The summed E-state index contributed by atoms with van der Waals surface area (Å²) in [6.45, 7) is 6.39. The first kappa shape index (κ1) is 15.6. The Labute approximate surface area is 127 Å². The Kier molecular flexibility index (Phi) is 5.40. The van der Waals surface area contributed by atoms with E-state index in [9.17, 15) is 5.11 Å². The summed E-state index contributed by atoms with van der Waals surface area (Å²) in [6, 6.07) is 15.9. The predicted octanol–water partition coefficient (Wildman–Crippen LogP) is 5.44. The van der Waals surface area contributed by atoms with E-state index in [0.29, 0.717) is 5.92 Å². The van der Waals surface area contributed by atoms with Crippen LogP contribution in [0.15, 0.2) is 48.5 Å². The molecule has 0 aliphatic carbocycles. The largest absolute Gasteiger partial charge is 0.457 e. The van der Waals surface area contributed by atoms with Gasteiger partial charge in [0.1, 0.15) is 11.5 Å². The first-order valence-electron chi connectivity index (χ1n) is 7.69. The molecule has 112 valence electrons. The van der Waals surface area contributed by atoms with E-state index >= 15 is 0 Å². The van der Waals surface area contributed by atoms with Crippen LogP contribution in [-0.2, 0) is 0 Å². The van der Waals surface area contributed by atoms with Crippen LogP contribution < -0.4 is 4.74 Å². The zero-order valence-corrected chi connectivity index (χ0v) is 13.0. The van der Waals surface area contributed by atoms with Crippen molar-refractivity contribution in [1.82, 2.24) is 0 Å². The highest BCUT2D eigenvalue weighted by Gasteiger charge is 2.06. The smallest absolute Gasteiger partial charge is 0.127 e. The zero-order valence-electron chi connectivity index (χ0n) is 13.0. The third-order valence-corrected chi connectivity index (χ3v) is 3.95. The van der Waals surface area contributed by atoms with Gasteiger partial charge in [0.25, 0.3) is 0 Å². The van der Waals surface area contributed by atoms with E-state index in [1.807, 2.05) is 43.3 Å². The fraction of sp³-hybridized carbons (Fsp3) is 0.368. The van der Waals surface area contributed by atoms with Gasteiger partial charge in [0.2, 0.25) is 0 Å². The van der Waals surface area contributed by atoms with Crippen LogP contribution in [-0.4, -0.2) is 5.11 Å².